The number of hydrogen-bond donors (Lipinski definition) is 0. The molecule has 0 aliphatic carbocycles. The lowest BCUT2D eigenvalue weighted by Crippen LogP contribution is -2.39. The standard InChI is InChI=1S/C15H19IO6S/c1-9-4-6-10(7-5-9)23(17,18)22-12-11(8-16)19-14-13(12)20-15(2,3)21-14/h4-7,11-14H,8H2,1-3H3/t11-,12+,13-,14-/m1/s1. The van der Waals surface area contributed by atoms with Crippen molar-refractivity contribution >= 4 is 32.7 Å². The van der Waals surface area contributed by atoms with Crippen molar-refractivity contribution in [1.82, 2.24) is 0 Å². The van der Waals surface area contributed by atoms with Crippen LogP contribution in [0.4, 0.5) is 0 Å². The first-order chi connectivity index (χ1) is 10.7. The van der Waals surface area contributed by atoms with Gasteiger partial charge in [0.05, 0.1) is 4.90 Å². The smallest absolute Gasteiger partial charge is 0.297 e. The summed E-state index contributed by atoms with van der Waals surface area (Å²) in [5.41, 5.74) is 0.979. The highest BCUT2D eigenvalue weighted by atomic mass is 127. The Hall–Kier alpha value is -0.260. The highest BCUT2D eigenvalue weighted by Crippen LogP contribution is 2.40. The molecule has 0 amide bonds. The molecule has 2 aliphatic heterocycles. The fraction of sp³-hybridized carbons (Fsp3) is 0.600. The maximum absolute atomic E-state index is 12.5. The fourth-order valence-electron chi connectivity index (χ4n) is 2.69. The van der Waals surface area contributed by atoms with E-state index in [1.165, 1.54) is 12.1 Å². The summed E-state index contributed by atoms with van der Waals surface area (Å²) in [6, 6.07) is 6.54. The molecule has 2 heterocycles. The Morgan fingerprint density at radius 2 is 1.87 bits per heavy atom. The molecule has 6 nitrogen and oxygen atoms in total. The van der Waals surface area contributed by atoms with Crippen molar-refractivity contribution in [2.45, 2.75) is 56.1 Å². The quantitative estimate of drug-likeness (QED) is 0.396. The van der Waals surface area contributed by atoms with E-state index in [4.69, 9.17) is 18.4 Å². The third-order valence-corrected chi connectivity index (χ3v) is 5.98. The maximum atomic E-state index is 12.5. The number of aryl methyl sites for hydroxylation is 1. The lowest BCUT2D eigenvalue weighted by Gasteiger charge is -2.24. The summed E-state index contributed by atoms with van der Waals surface area (Å²) in [7, 11) is -3.90. The van der Waals surface area contributed by atoms with Gasteiger partial charge in [0.1, 0.15) is 18.3 Å². The van der Waals surface area contributed by atoms with Crippen LogP contribution in [0.15, 0.2) is 29.2 Å². The van der Waals surface area contributed by atoms with Crippen LogP contribution in [-0.4, -0.2) is 43.2 Å². The Balaban J connectivity index is 1.83. The number of alkyl halides is 1. The minimum Gasteiger partial charge on any atom is -0.343 e. The van der Waals surface area contributed by atoms with Crippen LogP contribution in [0.3, 0.4) is 0 Å². The Labute approximate surface area is 149 Å². The minimum absolute atomic E-state index is 0.122. The zero-order valence-electron chi connectivity index (χ0n) is 13.1. The van der Waals surface area contributed by atoms with E-state index in [1.807, 2.05) is 6.92 Å². The van der Waals surface area contributed by atoms with Gasteiger partial charge in [-0.3, -0.25) is 4.18 Å². The molecule has 2 saturated heterocycles. The molecule has 1 aromatic carbocycles. The molecule has 8 heteroatoms. The fourth-order valence-corrected chi connectivity index (χ4v) is 4.51. The summed E-state index contributed by atoms with van der Waals surface area (Å²) in [5, 5.41) is 0. The van der Waals surface area contributed by atoms with Gasteiger partial charge in [0.2, 0.25) is 0 Å². The van der Waals surface area contributed by atoms with Gasteiger partial charge < -0.3 is 14.2 Å². The normalized spacial score (nSPS) is 32.9. The molecule has 0 N–H and O–H groups in total. The summed E-state index contributed by atoms with van der Waals surface area (Å²) >= 11 is 2.13. The molecular weight excluding hydrogens is 435 g/mol. The van der Waals surface area contributed by atoms with Gasteiger partial charge >= 0.3 is 0 Å². The van der Waals surface area contributed by atoms with Gasteiger partial charge in [0.25, 0.3) is 10.1 Å². The number of hydrogen-bond acceptors (Lipinski definition) is 6. The van der Waals surface area contributed by atoms with Crippen molar-refractivity contribution in [2.24, 2.45) is 0 Å². The van der Waals surface area contributed by atoms with Gasteiger partial charge in [-0.05, 0) is 32.9 Å². The second-order valence-corrected chi connectivity index (χ2v) is 8.58. The third kappa shape index (κ3) is 3.57. The van der Waals surface area contributed by atoms with E-state index in [0.29, 0.717) is 4.43 Å². The number of ether oxygens (including phenoxy) is 3. The van der Waals surface area contributed by atoms with Gasteiger partial charge in [-0.25, -0.2) is 0 Å². The molecule has 4 atom stereocenters. The van der Waals surface area contributed by atoms with Crippen LogP contribution >= 0.6 is 22.6 Å². The van der Waals surface area contributed by atoms with Crippen molar-refractivity contribution in [2.75, 3.05) is 4.43 Å². The van der Waals surface area contributed by atoms with Gasteiger partial charge in [0.15, 0.2) is 12.1 Å². The van der Waals surface area contributed by atoms with Gasteiger partial charge in [-0.15, -0.1) is 0 Å². The van der Waals surface area contributed by atoms with E-state index in [0.717, 1.165) is 5.56 Å². The summed E-state index contributed by atoms with van der Waals surface area (Å²) in [4.78, 5) is 0.122. The number of benzene rings is 1. The summed E-state index contributed by atoms with van der Waals surface area (Å²) in [6.45, 7) is 5.42. The maximum Gasteiger partial charge on any atom is 0.297 e. The van der Waals surface area contributed by atoms with Crippen LogP contribution in [0.1, 0.15) is 19.4 Å². The lowest BCUT2D eigenvalue weighted by atomic mass is 10.2. The third-order valence-electron chi connectivity index (χ3n) is 3.79. The van der Waals surface area contributed by atoms with Crippen LogP contribution in [-0.2, 0) is 28.5 Å². The zero-order valence-corrected chi connectivity index (χ0v) is 16.0. The van der Waals surface area contributed by atoms with Crippen molar-refractivity contribution in [3.8, 4) is 0 Å². The van der Waals surface area contributed by atoms with Gasteiger partial charge in [-0.2, -0.15) is 8.42 Å². The van der Waals surface area contributed by atoms with E-state index < -0.39 is 40.5 Å². The average molecular weight is 454 g/mol. The Morgan fingerprint density at radius 3 is 2.48 bits per heavy atom. The Kier molecular flexibility index (Phi) is 4.76. The van der Waals surface area contributed by atoms with Gasteiger partial charge in [0, 0.05) is 4.43 Å². The molecule has 2 fully saturated rings. The van der Waals surface area contributed by atoms with Crippen LogP contribution in [0, 0.1) is 6.92 Å². The minimum atomic E-state index is -3.90. The molecule has 1 aromatic rings. The number of halogens is 1. The van der Waals surface area contributed by atoms with Crippen molar-refractivity contribution in [3.05, 3.63) is 29.8 Å². The SMILES string of the molecule is Cc1ccc(S(=O)(=O)O[C@@H]2[C@H]3OC(C)(C)O[C@H]3O[C@@H]2CI)cc1. The van der Waals surface area contributed by atoms with E-state index in [-0.39, 0.29) is 4.90 Å². The largest absolute Gasteiger partial charge is 0.343 e. The lowest BCUT2D eigenvalue weighted by molar-refractivity contribution is -0.209. The molecule has 0 radical (unpaired) electrons. The summed E-state index contributed by atoms with van der Waals surface area (Å²) < 4.78 is 48.3. The highest BCUT2D eigenvalue weighted by Gasteiger charge is 2.56. The van der Waals surface area contributed by atoms with Gasteiger partial charge in [-0.1, -0.05) is 40.3 Å². The Bertz CT molecular complexity index is 672. The zero-order chi connectivity index (χ0) is 16.8. The monoisotopic (exact) mass is 454 g/mol. The van der Waals surface area contributed by atoms with E-state index >= 15 is 0 Å². The summed E-state index contributed by atoms with van der Waals surface area (Å²) in [6.07, 6.45) is -2.31. The first-order valence-electron chi connectivity index (χ1n) is 7.29. The van der Waals surface area contributed by atoms with Crippen molar-refractivity contribution in [3.63, 3.8) is 0 Å². The molecule has 0 unspecified atom stereocenters. The van der Waals surface area contributed by atoms with E-state index in [2.05, 4.69) is 22.6 Å². The highest BCUT2D eigenvalue weighted by molar-refractivity contribution is 14.1. The van der Waals surface area contributed by atoms with E-state index in [9.17, 15) is 8.42 Å². The molecule has 0 saturated carbocycles. The average Bonchev–Trinajstić information content (AvgIpc) is 2.92. The first kappa shape index (κ1) is 17.6. The topological polar surface area (TPSA) is 71.1 Å². The number of rotatable bonds is 4. The van der Waals surface area contributed by atoms with Crippen LogP contribution in [0.2, 0.25) is 0 Å². The Morgan fingerprint density at radius 1 is 1.22 bits per heavy atom. The van der Waals surface area contributed by atoms with Crippen molar-refractivity contribution < 1.29 is 26.8 Å². The second-order valence-electron chi connectivity index (χ2n) is 6.13. The molecular formula is C15H19IO6S. The molecule has 23 heavy (non-hydrogen) atoms. The van der Waals surface area contributed by atoms with Crippen molar-refractivity contribution in [1.29, 1.82) is 0 Å². The van der Waals surface area contributed by atoms with Crippen LogP contribution in [0.25, 0.3) is 0 Å². The molecule has 0 bridgehead atoms. The van der Waals surface area contributed by atoms with Crippen LogP contribution in [0.5, 0.6) is 0 Å². The molecule has 128 valence electrons. The molecule has 3 rings (SSSR count). The molecule has 2 aliphatic rings. The van der Waals surface area contributed by atoms with E-state index in [1.54, 1.807) is 26.0 Å². The predicted molar refractivity (Wildman–Crippen MR) is 90.8 cm³/mol. The predicted octanol–water partition coefficient (Wildman–Crippen LogP) is 2.38. The number of fused-ring (bicyclic) bond motifs is 1. The summed E-state index contributed by atoms with van der Waals surface area (Å²) in [5.74, 6) is -0.819. The molecule has 0 aromatic heterocycles. The molecule has 0 spiro atoms. The second kappa shape index (κ2) is 6.23. The van der Waals surface area contributed by atoms with Crippen LogP contribution < -0.4 is 0 Å². The first-order valence-corrected chi connectivity index (χ1v) is 10.2.